The van der Waals surface area contributed by atoms with Gasteiger partial charge in [0, 0.05) is 18.1 Å². The predicted octanol–water partition coefficient (Wildman–Crippen LogP) is 0.866. The molecule has 1 atom stereocenters. The molecule has 0 bridgehead atoms. The number of hydrogen-bond donors (Lipinski definition) is 6. The summed E-state index contributed by atoms with van der Waals surface area (Å²) in [5, 5.41) is 23.0. The number of carbonyl (C=O) groups excluding carboxylic acids is 4. The van der Waals surface area contributed by atoms with Crippen LogP contribution in [0, 0.1) is 0 Å². The van der Waals surface area contributed by atoms with Gasteiger partial charge >= 0.3 is 12.0 Å². The monoisotopic (exact) mass is 539 g/mol. The molecule has 2 heterocycles. The van der Waals surface area contributed by atoms with Crippen molar-refractivity contribution < 1.29 is 29.1 Å². The molecular weight excluding hydrogens is 514 g/mol. The van der Waals surface area contributed by atoms with Crippen LogP contribution >= 0.6 is 11.3 Å². The van der Waals surface area contributed by atoms with Gasteiger partial charge < -0.3 is 26.4 Å². The summed E-state index contributed by atoms with van der Waals surface area (Å²) in [6.45, 7) is -0.169. The van der Waals surface area contributed by atoms with Crippen molar-refractivity contribution in [2.75, 3.05) is 11.9 Å². The number of carboxylic acid groups (broad SMARTS) is 1. The predicted molar refractivity (Wildman–Crippen MR) is 137 cm³/mol. The Morgan fingerprint density at radius 2 is 1.68 bits per heavy atom. The fourth-order valence-electron chi connectivity index (χ4n) is 3.04. The maximum atomic E-state index is 12.4. The SMILES string of the molecule is O=C(O)C[C@H](NC(=O)CNC(=O)c1csc(NC(=O)NCc2ccccc2)n1)C(=O)NCc1ccccn1. The second-order valence-electron chi connectivity index (χ2n) is 7.77. The van der Waals surface area contributed by atoms with Crippen molar-refractivity contribution in [3.63, 3.8) is 0 Å². The highest BCUT2D eigenvalue weighted by atomic mass is 32.1. The zero-order valence-electron chi connectivity index (χ0n) is 20.0. The first-order chi connectivity index (χ1) is 18.3. The fraction of sp³-hybridized carbons (Fsp3) is 0.208. The van der Waals surface area contributed by atoms with Gasteiger partial charge in [-0.2, -0.15) is 0 Å². The number of pyridine rings is 1. The number of nitrogens with zero attached hydrogens (tertiary/aromatic N) is 2. The van der Waals surface area contributed by atoms with E-state index >= 15 is 0 Å². The van der Waals surface area contributed by atoms with Gasteiger partial charge in [0.25, 0.3) is 5.91 Å². The van der Waals surface area contributed by atoms with Gasteiger partial charge in [0.15, 0.2) is 5.13 Å². The lowest BCUT2D eigenvalue weighted by Gasteiger charge is -2.17. The molecule has 3 rings (SSSR count). The first-order valence-corrected chi connectivity index (χ1v) is 12.2. The van der Waals surface area contributed by atoms with Crippen LogP contribution < -0.4 is 26.6 Å². The van der Waals surface area contributed by atoms with Crippen LogP contribution in [-0.2, 0) is 27.5 Å². The van der Waals surface area contributed by atoms with Crippen LogP contribution in [0.5, 0.6) is 0 Å². The minimum absolute atomic E-state index is 0.0312. The smallest absolute Gasteiger partial charge is 0.321 e. The topological polar surface area (TPSA) is 192 Å². The molecule has 2 aromatic heterocycles. The first kappa shape index (κ1) is 27.7. The average Bonchev–Trinajstić information content (AvgIpc) is 3.38. The number of carboxylic acids is 1. The Labute approximate surface area is 221 Å². The van der Waals surface area contributed by atoms with E-state index in [4.69, 9.17) is 5.11 Å². The summed E-state index contributed by atoms with van der Waals surface area (Å²) in [6, 6.07) is 12.6. The Balaban J connectivity index is 1.44. The number of rotatable bonds is 12. The Morgan fingerprint density at radius 3 is 2.39 bits per heavy atom. The number of amides is 5. The molecule has 0 aliphatic heterocycles. The van der Waals surface area contributed by atoms with Gasteiger partial charge in [-0.3, -0.25) is 29.5 Å². The van der Waals surface area contributed by atoms with Crippen LogP contribution in [0.4, 0.5) is 9.93 Å². The Hall–Kier alpha value is -4.85. The normalized spacial score (nSPS) is 11.1. The van der Waals surface area contributed by atoms with E-state index in [1.807, 2.05) is 30.3 Å². The third-order valence-electron chi connectivity index (χ3n) is 4.86. The minimum atomic E-state index is -1.36. The molecule has 198 valence electrons. The van der Waals surface area contributed by atoms with E-state index in [1.54, 1.807) is 24.4 Å². The number of benzene rings is 1. The van der Waals surface area contributed by atoms with E-state index in [-0.39, 0.29) is 17.4 Å². The van der Waals surface area contributed by atoms with E-state index in [2.05, 4.69) is 36.6 Å². The first-order valence-electron chi connectivity index (χ1n) is 11.3. The molecule has 0 radical (unpaired) electrons. The van der Waals surface area contributed by atoms with Gasteiger partial charge in [-0.1, -0.05) is 36.4 Å². The van der Waals surface area contributed by atoms with Crippen LogP contribution in [0.15, 0.2) is 60.1 Å². The van der Waals surface area contributed by atoms with Gasteiger partial charge in [0.05, 0.1) is 25.2 Å². The Morgan fingerprint density at radius 1 is 0.921 bits per heavy atom. The number of thiazole rings is 1. The summed E-state index contributed by atoms with van der Waals surface area (Å²) >= 11 is 1.02. The molecule has 0 aliphatic rings. The van der Waals surface area contributed by atoms with E-state index in [0.29, 0.717) is 12.2 Å². The number of hydrogen-bond acceptors (Lipinski definition) is 8. The fourth-order valence-corrected chi connectivity index (χ4v) is 3.72. The average molecular weight is 540 g/mol. The molecule has 14 heteroatoms. The van der Waals surface area contributed by atoms with Gasteiger partial charge in [0.1, 0.15) is 11.7 Å². The second-order valence-corrected chi connectivity index (χ2v) is 8.63. The molecule has 0 spiro atoms. The molecule has 38 heavy (non-hydrogen) atoms. The van der Waals surface area contributed by atoms with Crippen molar-refractivity contribution in [2.45, 2.75) is 25.6 Å². The van der Waals surface area contributed by atoms with Crippen molar-refractivity contribution >= 4 is 46.2 Å². The zero-order chi connectivity index (χ0) is 27.3. The molecule has 0 aliphatic carbocycles. The van der Waals surface area contributed by atoms with Gasteiger partial charge in [-0.05, 0) is 17.7 Å². The van der Waals surface area contributed by atoms with Crippen LogP contribution in [0.1, 0.15) is 28.2 Å². The molecule has 1 aromatic carbocycles. The highest BCUT2D eigenvalue weighted by Gasteiger charge is 2.24. The maximum Gasteiger partial charge on any atom is 0.321 e. The second kappa shape index (κ2) is 14.0. The van der Waals surface area contributed by atoms with Crippen LogP contribution in [-0.4, -0.2) is 57.4 Å². The number of anilines is 1. The molecule has 5 amide bonds. The van der Waals surface area contributed by atoms with Crippen molar-refractivity contribution in [1.29, 1.82) is 0 Å². The number of urea groups is 1. The summed E-state index contributed by atoms with van der Waals surface area (Å²) in [5.41, 5.74) is 1.44. The Bertz CT molecular complexity index is 1270. The number of nitrogens with one attached hydrogen (secondary N) is 5. The van der Waals surface area contributed by atoms with E-state index in [1.165, 1.54) is 5.38 Å². The summed E-state index contributed by atoms with van der Waals surface area (Å²) in [4.78, 5) is 68.4. The molecule has 0 unspecified atom stereocenters. The van der Waals surface area contributed by atoms with Crippen molar-refractivity contribution in [3.8, 4) is 0 Å². The largest absolute Gasteiger partial charge is 0.481 e. The van der Waals surface area contributed by atoms with E-state index in [9.17, 15) is 24.0 Å². The molecule has 0 fully saturated rings. The van der Waals surface area contributed by atoms with Crippen LogP contribution in [0.25, 0.3) is 0 Å². The number of carbonyl (C=O) groups is 5. The van der Waals surface area contributed by atoms with Crippen LogP contribution in [0.3, 0.4) is 0 Å². The Kier molecular flexibility index (Phi) is 10.2. The minimum Gasteiger partial charge on any atom is -0.481 e. The maximum absolute atomic E-state index is 12.4. The number of aromatic nitrogens is 2. The molecule has 3 aromatic rings. The lowest BCUT2D eigenvalue weighted by molar-refractivity contribution is -0.140. The quantitative estimate of drug-likeness (QED) is 0.195. The standard InChI is InChI=1S/C24H25N7O6S/c32-19(29-17(10-20(33)34)21(35)26-12-16-8-4-5-9-25-16)13-27-22(36)18-14-38-24(30-18)31-23(37)28-11-15-6-2-1-3-7-15/h1-9,14,17H,10-13H2,(H,26,35)(H,27,36)(H,29,32)(H,33,34)(H2,28,30,31,37)/t17-/m0/s1. The third kappa shape index (κ3) is 9.31. The van der Waals surface area contributed by atoms with Crippen molar-refractivity contribution in [1.82, 2.24) is 31.2 Å². The lowest BCUT2D eigenvalue weighted by atomic mass is 10.2. The van der Waals surface area contributed by atoms with E-state index in [0.717, 1.165) is 16.9 Å². The summed E-state index contributed by atoms with van der Waals surface area (Å²) in [7, 11) is 0. The highest BCUT2D eigenvalue weighted by Crippen LogP contribution is 2.15. The lowest BCUT2D eigenvalue weighted by Crippen LogP contribution is -2.50. The van der Waals surface area contributed by atoms with E-state index < -0.39 is 48.7 Å². The van der Waals surface area contributed by atoms with Gasteiger partial charge in [-0.15, -0.1) is 11.3 Å². The zero-order valence-corrected chi connectivity index (χ0v) is 20.8. The molecule has 13 nitrogen and oxygen atoms in total. The van der Waals surface area contributed by atoms with Gasteiger partial charge in [0.2, 0.25) is 11.8 Å². The highest BCUT2D eigenvalue weighted by molar-refractivity contribution is 7.14. The summed E-state index contributed by atoms with van der Waals surface area (Å²) < 4.78 is 0. The van der Waals surface area contributed by atoms with Crippen LogP contribution in [0.2, 0.25) is 0 Å². The molecule has 0 saturated heterocycles. The third-order valence-corrected chi connectivity index (χ3v) is 5.62. The molecule has 0 saturated carbocycles. The molecule has 6 N–H and O–H groups in total. The summed E-state index contributed by atoms with van der Waals surface area (Å²) in [6.07, 6.45) is 0.893. The van der Waals surface area contributed by atoms with Crippen molar-refractivity contribution in [3.05, 3.63) is 77.1 Å². The number of aliphatic carboxylic acids is 1. The van der Waals surface area contributed by atoms with Crippen molar-refractivity contribution in [2.24, 2.45) is 0 Å². The molecular formula is C24H25N7O6S. The van der Waals surface area contributed by atoms with Gasteiger partial charge in [-0.25, -0.2) is 9.78 Å². The summed E-state index contributed by atoms with van der Waals surface area (Å²) in [5.74, 6) is -3.46.